The molecule has 0 saturated heterocycles. The monoisotopic (exact) mass is 1040 g/mol. The molecule has 4 nitrogen and oxygen atoms in total. The molecule has 0 aliphatic carbocycles. The van der Waals surface area contributed by atoms with Crippen LogP contribution in [0, 0.1) is 0 Å². The summed E-state index contributed by atoms with van der Waals surface area (Å²) >= 11 is 62.1. The van der Waals surface area contributed by atoms with Crippen molar-refractivity contribution in [3.05, 3.63) is 0 Å². The van der Waals surface area contributed by atoms with E-state index >= 15 is 0 Å². The molecule has 0 unspecified atom stereocenters. The molecule has 53 heavy (non-hydrogen) atoms. The Balaban J connectivity index is -0.000000192. The van der Waals surface area contributed by atoms with Gasteiger partial charge in [0, 0.05) is 17.3 Å². The van der Waals surface area contributed by atoms with Crippen molar-refractivity contribution >= 4 is 168 Å². The molecule has 0 radical (unpaired) electrons. The van der Waals surface area contributed by atoms with Gasteiger partial charge in [-0.1, -0.05) is 107 Å². The van der Waals surface area contributed by atoms with Crippen LogP contribution in [0.4, 0.5) is 0 Å². The van der Waals surface area contributed by atoms with Gasteiger partial charge in [0.2, 0.25) is 0 Å². The summed E-state index contributed by atoms with van der Waals surface area (Å²) in [6, 6.07) is 0. The molecule has 0 saturated carbocycles. The fraction of sp³-hybridized carbons (Fsp3) is 0.889. The molecule has 0 bridgehead atoms. The third-order valence-electron chi connectivity index (χ3n) is 8.31. The van der Waals surface area contributed by atoms with Crippen molar-refractivity contribution in [3.8, 4) is 0 Å². The molecular weight excluding hydrogens is 969 g/mol. The maximum atomic E-state index is 5.45. The quantitative estimate of drug-likeness (QED) is 0.0391. The number of rotatable bonds is 24. The maximum Gasteiger partial charge on any atom is 4.00 e. The van der Waals surface area contributed by atoms with Gasteiger partial charge in [-0.05, 0) is 51.4 Å². The Morgan fingerprint density at radius 3 is 0.453 bits per heavy atom. The van der Waals surface area contributed by atoms with Crippen molar-refractivity contribution < 1.29 is 36.6 Å². The molecule has 0 aliphatic rings. The molecule has 314 valence electrons. The smallest absolute Gasteiger partial charge is 0.489 e. The zero-order valence-electron chi connectivity index (χ0n) is 34.1. The van der Waals surface area contributed by atoms with Gasteiger partial charge in [0.05, 0.1) is 52.4 Å². The van der Waals surface area contributed by atoms with Gasteiger partial charge in [-0.15, -0.1) is 0 Å². The van der Waals surface area contributed by atoms with Crippen LogP contribution in [0.2, 0.25) is 0 Å². The molecule has 0 heterocycles. The topological polar surface area (TPSA) is 0 Å². The fourth-order valence-electron chi connectivity index (χ4n) is 4.49. The van der Waals surface area contributed by atoms with E-state index in [1.54, 1.807) is 0 Å². The van der Waals surface area contributed by atoms with Gasteiger partial charge in [-0.2, -0.15) is 0 Å². The van der Waals surface area contributed by atoms with Crippen LogP contribution in [0.5, 0.6) is 0 Å². The van der Waals surface area contributed by atoms with E-state index in [1.807, 2.05) is 0 Å². The van der Waals surface area contributed by atoms with E-state index in [0.717, 1.165) is 155 Å². The summed E-state index contributed by atoms with van der Waals surface area (Å²) < 4.78 is 3.74. The van der Waals surface area contributed by atoms with E-state index in [0.29, 0.717) is 32.8 Å². The largest absolute Gasteiger partial charge is 4.00 e. The number of hydrogen-bond donors (Lipinski definition) is 0. The van der Waals surface area contributed by atoms with E-state index in [9.17, 15) is 0 Å². The first-order chi connectivity index (χ1) is 24.3. The van der Waals surface area contributed by atoms with Crippen molar-refractivity contribution in [1.29, 1.82) is 0 Å². The predicted molar refractivity (Wildman–Crippen MR) is 269 cm³/mol. The number of quaternary nitrogens is 4. The van der Waals surface area contributed by atoms with Crippen molar-refractivity contribution in [3.63, 3.8) is 0 Å². The Kier molecular flexibility index (Phi) is 50.0. The molecule has 0 aliphatic heterocycles. The molecule has 0 N–H and O–H groups in total. The van der Waals surface area contributed by atoms with Crippen LogP contribution in [0.3, 0.4) is 0 Å². The fourth-order valence-corrected chi connectivity index (χ4v) is 6.98. The van der Waals surface area contributed by atoms with E-state index in [-0.39, 0.29) is 21.1 Å². The van der Waals surface area contributed by atoms with Crippen LogP contribution in [0.1, 0.15) is 158 Å². The van der Waals surface area contributed by atoms with Gasteiger partial charge in [0.15, 0.2) is 0 Å². The maximum absolute atomic E-state index is 5.45. The molecular formula is C36H72MoN4S12. The number of nitrogens with zero attached hydrogens (tertiary/aromatic N) is 4. The van der Waals surface area contributed by atoms with Crippen molar-refractivity contribution in [2.75, 3.05) is 52.4 Å². The summed E-state index contributed by atoms with van der Waals surface area (Å²) in [6.07, 6.45) is 18.1. The van der Waals surface area contributed by atoms with Crippen molar-refractivity contribution in [2.45, 2.75) is 158 Å². The van der Waals surface area contributed by atoms with Crippen molar-refractivity contribution in [1.82, 2.24) is 0 Å². The molecule has 0 aromatic carbocycles. The van der Waals surface area contributed by atoms with Crippen LogP contribution < -0.4 is 0 Å². The SMILES string of the molecule is CCCC[N+]([S-])(CCCC)C(=S)[S-].CCCC[N+]([S-])(CCCC)C(=S)[S-].CCCC[N+]([S-])(CCCC)C(=S)[S-].CCCC[N+]([S-])(CCCC)C(=S)[S-].[Mo+4]. The number of thiocarbonyl (C=S) groups is 4. The standard InChI is InChI=1S/4C9H19NS3.Mo/c4*1-3-5-7-10(13,9(11)12)8-6-4-2;/h4*3-8H2,1-2H3,(H,11,12);/q;;;;+4/p-4. The molecule has 0 aromatic heterocycles. The minimum Gasteiger partial charge on any atom is -0.489 e. The first-order valence-electron chi connectivity index (χ1n) is 19.4. The van der Waals surface area contributed by atoms with Gasteiger partial charge >= 0.3 is 21.1 Å². The van der Waals surface area contributed by atoms with E-state index in [4.69, 9.17) is 151 Å². The number of unbranched alkanes of at least 4 members (excludes halogenated alkanes) is 8. The van der Waals surface area contributed by atoms with Gasteiger partial charge in [-0.3, -0.25) is 0 Å². The first-order valence-corrected chi connectivity index (χ1v) is 24.2. The van der Waals surface area contributed by atoms with Crippen LogP contribution >= 0.6 is 48.9 Å². The normalized spacial score (nSPS) is 11.4. The molecule has 0 spiro atoms. The average Bonchev–Trinajstić information content (AvgIpc) is 3.11. The van der Waals surface area contributed by atoms with Gasteiger partial charge in [0.25, 0.3) is 0 Å². The summed E-state index contributed by atoms with van der Waals surface area (Å²) in [5, 5.41) is 0. The van der Waals surface area contributed by atoms with Crippen LogP contribution in [-0.2, 0) is 123 Å². The van der Waals surface area contributed by atoms with E-state index < -0.39 is 0 Å². The second-order valence-corrected chi connectivity index (χ2v) is 20.2. The van der Waals surface area contributed by atoms with Crippen molar-refractivity contribution in [2.24, 2.45) is 0 Å². The average molecular weight is 1040 g/mol. The zero-order valence-corrected chi connectivity index (χ0v) is 45.9. The summed E-state index contributed by atoms with van der Waals surface area (Å²) in [5.74, 6) is 0. The van der Waals surface area contributed by atoms with E-state index in [1.165, 1.54) is 0 Å². The van der Waals surface area contributed by atoms with Gasteiger partial charge < -0.3 is 166 Å². The van der Waals surface area contributed by atoms with E-state index in [2.05, 4.69) is 55.4 Å². The minimum atomic E-state index is 0. The van der Waals surface area contributed by atoms with Crippen LogP contribution in [0.25, 0.3) is 0 Å². The Morgan fingerprint density at radius 2 is 0.396 bits per heavy atom. The first kappa shape index (κ1) is 65.3. The second-order valence-electron chi connectivity index (χ2n) is 13.2. The second kappa shape index (κ2) is 40.6. The molecule has 0 rings (SSSR count). The summed E-state index contributed by atoms with van der Waals surface area (Å²) in [7, 11) is 0. The molecule has 0 atom stereocenters. The summed E-state index contributed by atoms with van der Waals surface area (Å²) in [5.41, 5.74) is 0. The van der Waals surface area contributed by atoms with Crippen LogP contribution in [-0.4, -0.2) is 85.2 Å². The molecule has 0 aromatic rings. The Morgan fingerprint density at radius 1 is 0.302 bits per heavy atom. The van der Waals surface area contributed by atoms with Gasteiger partial charge in [-0.25, -0.2) is 0 Å². The third-order valence-corrected chi connectivity index (χ3v) is 14.2. The summed E-state index contributed by atoms with van der Waals surface area (Å²) in [4.78, 5) is 0. The Hall–Kier alpha value is 3.17. The number of hydrogen-bond acceptors (Lipinski definition) is 12. The Bertz CT molecular complexity index is 755. The predicted octanol–water partition coefficient (Wildman–Crippen LogP) is 10.8. The van der Waals surface area contributed by atoms with Crippen LogP contribution in [0.15, 0.2) is 0 Å². The molecule has 0 fully saturated rings. The Labute approximate surface area is 410 Å². The van der Waals surface area contributed by atoms with Gasteiger partial charge in [0.1, 0.15) is 0 Å². The molecule has 0 amide bonds. The third kappa shape index (κ3) is 34.6. The minimum absolute atomic E-state index is 0. The zero-order chi connectivity index (χ0) is 41.3. The summed E-state index contributed by atoms with van der Waals surface area (Å²) in [6.45, 7) is 24.7. The molecule has 17 heteroatoms.